The SMILES string of the molecule is COC(=O)[C@H](CCO)N1C[C@@H](C)N(C(=O)OCc2ccccc2)CCC1=O. The molecule has 0 saturated carbocycles. The normalized spacial score (nSPS) is 18.6. The van der Waals surface area contributed by atoms with Crippen molar-refractivity contribution in [3.05, 3.63) is 35.9 Å². The van der Waals surface area contributed by atoms with Crippen molar-refractivity contribution in [1.29, 1.82) is 0 Å². The fourth-order valence-electron chi connectivity index (χ4n) is 3.10. The fraction of sp³-hybridized carbons (Fsp3) is 0.526. The molecule has 1 aliphatic rings. The van der Waals surface area contributed by atoms with Gasteiger partial charge in [-0.15, -0.1) is 0 Å². The van der Waals surface area contributed by atoms with Crippen LogP contribution in [0.25, 0.3) is 0 Å². The Morgan fingerprint density at radius 3 is 2.63 bits per heavy atom. The van der Waals surface area contributed by atoms with Crippen LogP contribution >= 0.6 is 0 Å². The van der Waals surface area contributed by atoms with Crippen molar-refractivity contribution in [1.82, 2.24) is 9.80 Å². The summed E-state index contributed by atoms with van der Waals surface area (Å²) in [5.74, 6) is -0.839. The number of ether oxygens (including phenoxy) is 2. The van der Waals surface area contributed by atoms with Gasteiger partial charge in [-0.25, -0.2) is 9.59 Å². The maximum Gasteiger partial charge on any atom is 0.410 e. The van der Waals surface area contributed by atoms with Crippen LogP contribution in [0.4, 0.5) is 4.79 Å². The minimum absolute atomic E-state index is 0.0731. The molecule has 2 rings (SSSR count). The number of amides is 2. The van der Waals surface area contributed by atoms with Gasteiger partial charge in [-0.05, 0) is 12.5 Å². The van der Waals surface area contributed by atoms with Gasteiger partial charge in [0.05, 0.1) is 7.11 Å². The molecule has 0 spiro atoms. The Morgan fingerprint density at radius 1 is 1.30 bits per heavy atom. The lowest BCUT2D eigenvalue weighted by molar-refractivity contribution is -0.153. The number of aliphatic hydroxyl groups is 1. The van der Waals surface area contributed by atoms with Gasteiger partial charge >= 0.3 is 12.1 Å². The van der Waals surface area contributed by atoms with E-state index in [1.165, 1.54) is 16.9 Å². The Balaban J connectivity index is 2.04. The number of benzene rings is 1. The number of methoxy groups -OCH3 is 1. The summed E-state index contributed by atoms with van der Waals surface area (Å²) in [5.41, 5.74) is 0.875. The molecule has 0 aliphatic carbocycles. The van der Waals surface area contributed by atoms with E-state index in [2.05, 4.69) is 0 Å². The molecule has 148 valence electrons. The summed E-state index contributed by atoms with van der Waals surface area (Å²) in [6.07, 6.45) is -0.342. The van der Waals surface area contributed by atoms with Gasteiger partial charge in [0.2, 0.25) is 5.91 Å². The zero-order valence-electron chi connectivity index (χ0n) is 15.7. The summed E-state index contributed by atoms with van der Waals surface area (Å²) in [4.78, 5) is 39.9. The second-order valence-electron chi connectivity index (χ2n) is 6.43. The zero-order valence-corrected chi connectivity index (χ0v) is 15.7. The van der Waals surface area contributed by atoms with Gasteiger partial charge in [0.1, 0.15) is 12.6 Å². The van der Waals surface area contributed by atoms with E-state index in [-0.39, 0.29) is 51.1 Å². The Hall–Kier alpha value is -2.61. The average Bonchev–Trinajstić information content (AvgIpc) is 2.83. The van der Waals surface area contributed by atoms with E-state index in [4.69, 9.17) is 9.47 Å². The van der Waals surface area contributed by atoms with E-state index in [9.17, 15) is 19.5 Å². The molecule has 1 heterocycles. The smallest absolute Gasteiger partial charge is 0.410 e. The number of nitrogens with zero attached hydrogens (tertiary/aromatic N) is 2. The van der Waals surface area contributed by atoms with Crippen LogP contribution in [0, 0.1) is 0 Å². The third-order valence-electron chi connectivity index (χ3n) is 4.57. The average molecular weight is 378 g/mol. The largest absolute Gasteiger partial charge is 0.467 e. The zero-order chi connectivity index (χ0) is 19.8. The number of hydrogen-bond donors (Lipinski definition) is 1. The molecule has 1 N–H and O–H groups in total. The fourth-order valence-corrected chi connectivity index (χ4v) is 3.10. The number of carbonyl (C=O) groups excluding carboxylic acids is 3. The maximum absolute atomic E-state index is 12.5. The van der Waals surface area contributed by atoms with Gasteiger partial charge in [0.15, 0.2) is 0 Å². The summed E-state index contributed by atoms with van der Waals surface area (Å²) in [6, 6.07) is 8.12. The Labute approximate surface area is 158 Å². The quantitative estimate of drug-likeness (QED) is 0.747. The molecular weight excluding hydrogens is 352 g/mol. The van der Waals surface area contributed by atoms with Crippen LogP contribution in [-0.2, 0) is 25.7 Å². The summed E-state index contributed by atoms with van der Waals surface area (Å²) in [7, 11) is 1.24. The molecule has 1 aromatic carbocycles. The standard InChI is InChI=1S/C19H26N2O6/c1-14-12-21(16(9-11-22)18(24)26-2)17(23)8-10-20(14)19(25)27-13-15-6-4-3-5-7-15/h3-7,14,16,22H,8-13H2,1-2H3/t14-,16+/m1/s1. The minimum Gasteiger partial charge on any atom is -0.467 e. The van der Waals surface area contributed by atoms with Crippen LogP contribution in [0.15, 0.2) is 30.3 Å². The summed E-state index contributed by atoms with van der Waals surface area (Å²) in [6.45, 7) is 2.06. The van der Waals surface area contributed by atoms with Gasteiger partial charge in [-0.2, -0.15) is 0 Å². The summed E-state index contributed by atoms with van der Waals surface area (Å²) < 4.78 is 10.1. The molecule has 1 fully saturated rings. The Kier molecular flexibility index (Phi) is 7.60. The monoisotopic (exact) mass is 378 g/mol. The van der Waals surface area contributed by atoms with E-state index in [1.807, 2.05) is 30.3 Å². The number of carbonyl (C=O) groups is 3. The summed E-state index contributed by atoms with van der Waals surface area (Å²) in [5, 5.41) is 9.22. The van der Waals surface area contributed by atoms with E-state index >= 15 is 0 Å². The highest BCUT2D eigenvalue weighted by molar-refractivity contribution is 5.85. The molecule has 0 radical (unpaired) electrons. The van der Waals surface area contributed by atoms with Crippen LogP contribution in [0.5, 0.6) is 0 Å². The van der Waals surface area contributed by atoms with Gasteiger partial charge in [-0.3, -0.25) is 4.79 Å². The lowest BCUT2D eigenvalue weighted by Gasteiger charge is -2.32. The first-order valence-electron chi connectivity index (χ1n) is 8.93. The molecule has 1 saturated heterocycles. The number of aliphatic hydroxyl groups excluding tert-OH is 1. The highest BCUT2D eigenvalue weighted by Gasteiger charge is 2.36. The third kappa shape index (κ3) is 5.43. The van der Waals surface area contributed by atoms with E-state index in [0.717, 1.165) is 5.56 Å². The van der Waals surface area contributed by atoms with Gasteiger partial charge in [0.25, 0.3) is 0 Å². The van der Waals surface area contributed by atoms with Gasteiger partial charge in [-0.1, -0.05) is 30.3 Å². The highest BCUT2D eigenvalue weighted by Crippen LogP contribution is 2.18. The molecule has 8 heteroatoms. The van der Waals surface area contributed by atoms with Crippen molar-refractivity contribution in [3.63, 3.8) is 0 Å². The van der Waals surface area contributed by atoms with Gasteiger partial charge < -0.3 is 24.4 Å². The first kappa shape index (κ1) is 20.7. The molecule has 1 aromatic rings. The predicted octanol–water partition coefficient (Wildman–Crippen LogP) is 1.17. The van der Waals surface area contributed by atoms with Crippen LogP contribution in [0.2, 0.25) is 0 Å². The lowest BCUT2D eigenvalue weighted by Crippen LogP contribution is -2.49. The van der Waals surface area contributed by atoms with Crippen molar-refractivity contribution < 1.29 is 29.0 Å². The van der Waals surface area contributed by atoms with Crippen LogP contribution in [-0.4, -0.2) is 71.8 Å². The van der Waals surface area contributed by atoms with Crippen molar-refractivity contribution in [2.45, 2.75) is 38.5 Å². The minimum atomic E-state index is -0.866. The van der Waals surface area contributed by atoms with Crippen molar-refractivity contribution in [3.8, 4) is 0 Å². The highest BCUT2D eigenvalue weighted by atomic mass is 16.6. The van der Waals surface area contributed by atoms with Crippen molar-refractivity contribution in [2.24, 2.45) is 0 Å². The number of hydrogen-bond acceptors (Lipinski definition) is 6. The topological polar surface area (TPSA) is 96.4 Å². The predicted molar refractivity (Wildman–Crippen MR) is 96.6 cm³/mol. The first-order valence-corrected chi connectivity index (χ1v) is 8.93. The molecule has 27 heavy (non-hydrogen) atoms. The summed E-state index contributed by atoms with van der Waals surface area (Å²) >= 11 is 0. The number of esters is 1. The van der Waals surface area contributed by atoms with E-state index in [0.29, 0.717) is 0 Å². The lowest BCUT2D eigenvalue weighted by atomic mass is 10.1. The molecule has 1 aliphatic heterocycles. The number of rotatable bonds is 6. The Bertz CT molecular complexity index is 651. The van der Waals surface area contributed by atoms with Crippen molar-refractivity contribution in [2.75, 3.05) is 26.8 Å². The van der Waals surface area contributed by atoms with Crippen LogP contribution < -0.4 is 0 Å². The molecule has 2 atom stereocenters. The Morgan fingerprint density at radius 2 is 2.00 bits per heavy atom. The maximum atomic E-state index is 12.5. The van der Waals surface area contributed by atoms with E-state index in [1.54, 1.807) is 6.92 Å². The second kappa shape index (κ2) is 9.91. The molecule has 0 aromatic heterocycles. The van der Waals surface area contributed by atoms with Gasteiger partial charge in [0, 0.05) is 38.6 Å². The molecule has 0 bridgehead atoms. The first-order chi connectivity index (χ1) is 13.0. The van der Waals surface area contributed by atoms with Crippen LogP contribution in [0.3, 0.4) is 0 Å². The molecule has 8 nitrogen and oxygen atoms in total. The second-order valence-corrected chi connectivity index (χ2v) is 6.43. The van der Waals surface area contributed by atoms with Crippen LogP contribution in [0.1, 0.15) is 25.3 Å². The molecule has 0 unspecified atom stereocenters. The molecule has 2 amide bonds. The van der Waals surface area contributed by atoms with E-state index < -0.39 is 18.1 Å². The molecular formula is C19H26N2O6. The third-order valence-corrected chi connectivity index (χ3v) is 4.57. The van der Waals surface area contributed by atoms with Crippen molar-refractivity contribution >= 4 is 18.0 Å².